The Morgan fingerprint density at radius 1 is 1.06 bits per heavy atom. The molecule has 1 saturated heterocycles. The SMILES string of the molecule is CN(C)C1CNCC1c1ccccc1.Cl.Cl. The molecular formula is C12H20Cl2N2. The van der Waals surface area contributed by atoms with Crippen molar-refractivity contribution in [2.24, 2.45) is 0 Å². The number of hydrogen-bond acceptors (Lipinski definition) is 2. The Morgan fingerprint density at radius 3 is 2.25 bits per heavy atom. The van der Waals surface area contributed by atoms with Gasteiger partial charge in [-0.05, 0) is 19.7 Å². The molecule has 0 amide bonds. The highest BCUT2D eigenvalue weighted by molar-refractivity contribution is 5.85. The second kappa shape index (κ2) is 7.13. The summed E-state index contributed by atoms with van der Waals surface area (Å²) in [5, 5.41) is 3.46. The lowest BCUT2D eigenvalue weighted by Crippen LogP contribution is -2.33. The number of benzene rings is 1. The molecule has 1 heterocycles. The van der Waals surface area contributed by atoms with Crippen LogP contribution in [0.25, 0.3) is 0 Å². The predicted octanol–water partition coefficient (Wildman–Crippen LogP) is 2.15. The highest BCUT2D eigenvalue weighted by Crippen LogP contribution is 2.24. The molecule has 1 fully saturated rings. The van der Waals surface area contributed by atoms with Crippen LogP contribution in [0, 0.1) is 0 Å². The smallest absolute Gasteiger partial charge is 0.0295 e. The molecule has 0 bridgehead atoms. The second-order valence-electron chi connectivity index (χ2n) is 4.21. The lowest BCUT2D eigenvalue weighted by molar-refractivity contribution is 0.291. The number of rotatable bonds is 2. The molecule has 16 heavy (non-hydrogen) atoms. The van der Waals surface area contributed by atoms with E-state index in [0.29, 0.717) is 12.0 Å². The van der Waals surface area contributed by atoms with Crippen molar-refractivity contribution in [3.8, 4) is 0 Å². The van der Waals surface area contributed by atoms with Gasteiger partial charge in [0.1, 0.15) is 0 Å². The van der Waals surface area contributed by atoms with Gasteiger partial charge in [0.2, 0.25) is 0 Å². The van der Waals surface area contributed by atoms with Crippen LogP contribution in [0.1, 0.15) is 11.5 Å². The summed E-state index contributed by atoms with van der Waals surface area (Å²) in [7, 11) is 4.32. The molecule has 1 aliphatic rings. The van der Waals surface area contributed by atoms with Crippen LogP contribution in [0.4, 0.5) is 0 Å². The summed E-state index contributed by atoms with van der Waals surface area (Å²) in [5.41, 5.74) is 1.45. The fourth-order valence-corrected chi connectivity index (χ4v) is 2.25. The fraction of sp³-hybridized carbons (Fsp3) is 0.500. The molecule has 0 saturated carbocycles. The van der Waals surface area contributed by atoms with Crippen LogP contribution in [-0.2, 0) is 0 Å². The first-order valence-electron chi connectivity index (χ1n) is 5.21. The average Bonchev–Trinajstić information content (AvgIpc) is 2.67. The molecule has 1 aromatic carbocycles. The number of halogens is 2. The van der Waals surface area contributed by atoms with Crippen molar-refractivity contribution in [3.63, 3.8) is 0 Å². The van der Waals surface area contributed by atoms with E-state index in [1.807, 2.05) is 0 Å². The van der Waals surface area contributed by atoms with Crippen molar-refractivity contribution < 1.29 is 0 Å². The van der Waals surface area contributed by atoms with E-state index in [4.69, 9.17) is 0 Å². The molecule has 0 aliphatic carbocycles. The summed E-state index contributed by atoms with van der Waals surface area (Å²) in [4.78, 5) is 2.32. The van der Waals surface area contributed by atoms with Crippen molar-refractivity contribution in [3.05, 3.63) is 35.9 Å². The molecule has 1 aromatic rings. The largest absolute Gasteiger partial charge is 0.314 e. The minimum atomic E-state index is 0. The molecule has 0 radical (unpaired) electrons. The lowest BCUT2D eigenvalue weighted by Gasteiger charge is -2.25. The zero-order chi connectivity index (χ0) is 9.97. The topological polar surface area (TPSA) is 15.3 Å². The number of hydrogen-bond donors (Lipinski definition) is 1. The molecule has 2 atom stereocenters. The van der Waals surface area contributed by atoms with Crippen molar-refractivity contribution in [2.75, 3.05) is 27.2 Å². The molecule has 2 unspecified atom stereocenters. The minimum Gasteiger partial charge on any atom is -0.314 e. The Labute approximate surface area is 110 Å². The third kappa shape index (κ3) is 3.36. The summed E-state index contributed by atoms with van der Waals surface area (Å²) in [5.74, 6) is 0.645. The minimum absolute atomic E-state index is 0. The maximum atomic E-state index is 3.46. The third-order valence-electron chi connectivity index (χ3n) is 3.07. The molecule has 0 spiro atoms. The van der Waals surface area contributed by atoms with Crippen LogP contribution < -0.4 is 5.32 Å². The maximum Gasteiger partial charge on any atom is 0.0295 e. The zero-order valence-corrected chi connectivity index (χ0v) is 11.4. The van der Waals surface area contributed by atoms with E-state index in [9.17, 15) is 0 Å². The van der Waals surface area contributed by atoms with Crippen molar-refractivity contribution in [1.29, 1.82) is 0 Å². The molecule has 2 rings (SSSR count). The Hall–Kier alpha value is -0.280. The van der Waals surface area contributed by atoms with Gasteiger partial charge in [0, 0.05) is 25.0 Å². The monoisotopic (exact) mass is 262 g/mol. The van der Waals surface area contributed by atoms with Gasteiger partial charge in [0.25, 0.3) is 0 Å². The quantitative estimate of drug-likeness (QED) is 0.879. The summed E-state index contributed by atoms with van der Waals surface area (Å²) in [6.07, 6.45) is 0. The molecule has 0 aromatic heterocycles. The average molecular weight is 263 g/mol. The normalized spacial score (nSPS) is 23.7. The second-order valence-corrected chi connectivity index (χ2v) is 4.21. The van der Waals surface area contributed by atoms with E-state index < -0.39 is 0 Å². The zero-order valence-electron chi connectivity index (χ0n) is 9.72. The van der Waals surface area contributed by atoms with Crippen molar-refractivity contribution in [2.45, 2.75) is 12.0 Å². The van der Waals surface area contributed by atoms with Crippen LogP contribution in [-0.4, -0.2) is 38.1 Å². The van der Waals surface area contributed by atoms with Crippen molar-refractivity contribution >= 4 is 24.8 Å². The van der Waals surface area contributed by atoms with E-state index in [1.54, 1.807) is 0 Å². The van der Waals surface area contributed by atoms with Crippen LogP contribution in [0.5, 0.6) is 0 Å². The molecule has 92 valence electrons. The highest BCUT2D eigenvalue weighted by atomic mass is 35.5. The van der Waals surface area contributed by atoms with E-state index >= 15 is 0 Å². The maximum absolute atomic E-state index is 3.46. The van der Waals surface area contributed by atoms with Crippen LogP contribution in [0.2, 0.25) is 0 Å². The van der Waals surface area contributed by atoms with Gasteiger partial charge in [-0.3, -0.25) is 0 Å². The predicted molar refractivity (Wildman–Crippen MR) is 74.0 cm³/mol. The van der Waals surface area contributed by atoms with Gasteiger partial charge in [-0.15, -0.1) is 24.8 Å². The van der Waals surface area contributed by atoms with Crippen LogP contribution in [0.3, 0.4) is 0 Å². The summed E-state index contributed by atoms with van der Waals surface area (Å²) in [6, 6.07) is 11.4. The van der Waals surface area contributed by atoms with E-state index in [1.165, 1.54) is 5.56 Å². The van der Waals surface area contributed by atoms with E-state index in [0.717, 1.165) is 13.1 Å². The van der Waals surface area contributed by atoms with Gasteiger partial charge >= 0.3 is 0 Å². The lowest BCUT2D eigenvalue weighted by atomic mass is 9.94. The number of likely N-dealkylation sites (N-methyl/N-ethyl adjacent to an activating group) is 1. The first-order valence-corrected chi connectivity index (χ1v) is 5.21. The van der Waals surface area contributed by atoms with Gasteiger partial charge in [-0.25, -0.2) is 0 Å². The summed E-state index contributed by atoms with van der Waals surface area (Å²) >= 11 is 0. The molecule has 4 heteroatoms. The Kier molecular flexibility index (Phi) is 7.00. The first kappa shape index (κ1) is 15.7. The number of nitrogens with zero attached hydrogens (tertiary/aromatic N) is 1. The Morgan fingerprint density at radius 2 is 1.69 bits per heavy atom. The fourth-order valence-electron chi connectivity index (χ4n) is 2.25. The molecule has 1 aliphatic heterocycles. The summed E-state index contributed by atoms with van der Waals surface area (Å²) < 4.78 is 0. The molecular weight excluding hydrogens is 243 g/mol. The van der Waals surface area contributed by atoms with Gasteiger partial charge in [-0.2, -0.15) is 0 Å². The first-order chi connectivity index (χ1) is 6.79. The van der Waals surface area contributed by atoms with Crippen LogP contribution >= 0.6 is 24.8 Å². The van der Waals surface area contributed by atoms with E-state index in [2.05, 4.69) is 54.6 Å². The van der Waals surface area contributed by atoms with Crippen molar-refractivity contribution in [1.82, 2.24) is 10.2 Å². The van der Waals surface area contributed by atoms with Gasteiger partial charge in [-0.1, -0.05) is 30.3 Å². The van der Waals surface area contributed by atoms with Gasteiger partial charge in [0.05, 0.1) is 0 Å². The standard InChI is InChI=1S/C12H18N2.2ClH/c1-14(2)12-9-13-8-11(12)10-6-4-3-5-7-10;;/h3-7,11-13H,8-9H2,1-2H3;2*1H. The van der Waals surface area contributed by atoms with Gasteiger partial charge in [0.15, 0.2) is 0 Å². The van der Waals surface area contributed by atoms with Crippen LogP contribution in [0.15, 0.2) is 30.3 Å². The third-order valence-corrected chi connectivity index (χ3v) is 3.07. The van der Waals surface area contributed by atoms with E-state index in [-0.39, 0.29) is 24.8 Å². The highest BCUT2D eigenvalue weighted by Gasteiger charge is 2.29. The molecule has 1 N–H and O–H groups in total. The number of nitrogens with one attached hydrogen (secondary N) is 1. The van der Waals surface area contributed by atoms with Gasteiger partial charge < -0.3 is 10.2 Å². The molecule has 2 nitrogen and oxygen atoms in total. The summed E-state index contributed by atoms with van der Waals surface area (Å²) in [6.45, 7) is 2.21. The Balaban J connectivity index is 0.00000112. The Bertz CT molecular complexity index is 290.